The van der Waals surface area contributed by atoms with Gasteiger partial charge in [0.05, 0.1) is 22.6 Å². The first-order valence-electron chi connectivity index (χ1n) is 6.80. The van der Waals surface area contributed by atoms with E-state index in [4.69, 9.17) is 27.9 Å². The molecule has 1 aromatic heterocycles. The first-order valence-corrected chi connectivity index (χ1v) is 7.71. The number of anilines is 1. The molecule has 5 heteroatoms. The number of halogens is 2. The Balaban J connectivity index is 2.00. The third-order valence-corrected chi connectivity index (χ3v) is 3.91. The smallest absolute Gasteiger partial charge is 0.150 e. The fourth-order valence-corrected chi connectivity index (χ4v) is 2.71. The van der Waals surface area contributed by atoms with Crippen LogP contribution in [0.3, 0.4) is 0 Å². The molecule has 0 bridgehead atoms. The number of fused-ring (bicyclic) bond motifs is 1. The number of benzene rings is 2. The Morgan fingerprint density at radius 2 is 2.00 bits per heavy atom. The van der Waals surface area contributed by atoms with Gasteiger partial charge in [-0.2, -0.15) is 0 Å². The molecule has 0 saturated heterocycles. The highest BCUT2D eigenvalue weighted by molar-refractivity contribution is 6.32. The minimum absolute atomic E-state index is 0.311. The van der Waals surface area contributed by atoms with Crippen molar-refractivity contribution in [2.45, 2.75) is 5.88 Å². The Morgan fingerprint density at radius 1 is 1.18 bits per heavy atom. The van der Waals surface area contributed by atoms with Gasteiger partial charge in [-0.25, -0.2) is 0 Å². The standard InChI is InChI=1S/C17H14Cl2N2O/c1-20-13-6-12(9-18)17(15(19)8-13)22-14-7-11-4-2-3-5-16(11)21-10-14/h2-8,10,20H,9H2,1H3. The van der Waals surface area contributed by atoms with Crippen molar-refractivity contribution >= 4 is 39.8 Å². The molecular weight excluding hydrogens is 319 g/mol. The molecule has 0 aliphatic rings. The molecule has 0 aliphatic heterocycles. The van der Waals surface area contributed by atoms with Crippen molar-refractivity contribution in [1.29, 1.82) is 0 Å². The van der Waals surface area contributed by atoms with E-state index in [9.17, 15) is 0 Å². The molecule has 1 heterocycles. The maximum Gasteiger partial charge on any atom is 0.150 e. The van der Waals surface area contributed by atoms with Crippen LogP contribution >= 0.6 is 23.2 Å². The summed E-state index contributed by atoms with van der Waals surface area (Å²) in [5, 5.41) is 4.57. The van der Waals surface area contributed by atoms with Crippen molar-refractivity contribution in [1.82, 2.24) is 4.98 Å². The molecule has 0 atom stereocenters. The zero-order valence-electron chi connectivity index (χ0n) is 11.9. The predicted molar refractivity (Wildman–Crippen MR) is 92.4 cm³/mol. The average Bonchev–Trinajstić information content (AvgIpc) is 2.56. The van der Waals surface area contributed by atoms with Gasteiger partial charge in [-0.1, -0.05) is 29.8 Å². The van der Waals surface area contributed by atoms with Gasteiger partial charge in [-0.05, 0) is 24.3 Å². The lowest BCUT2D eigenvalue weighted by molar-refractivity contribution is 0.477. The van der Waals surface area contributed by atoms with Gasteiger partial charge >= 0.3 is 0 Å². The zero-order chi connectivity index (χ0) is 15.5. The van der Waals surface area contributed by atoms with E-state index in [2.05, 4.69) is 10.3 Å². The van der Waals surface area contributed by atoms with Gasteiger partial charge in [0, 0.05) is 23.7 Å². The van der Waals surface area contributed by atoms with Gasteiger partial charge in [-0.3, -0.25) is 4.98 Å². The van der Waals surface area contributed by atoms with Crippen LogP contribution < -0.4 is 10.1 Å². The van der Waals surface area contributed by atoms with Crippen LogP contribution in [0.25, 0.3) is 10.9 Å². The van der Waals surface area contributed by atoms with Crippen molar-refractivity contribution in [3.63, 3.8) is 0 Å². The largest absolute Gasteiger partial charge is 0.454 e. The second-order valence-corrected chi connectivity index (χ2v) is 5.47. The van der Waals surface area contributed by atoms with E-state index in [-0.39, 0.29) is 0 Å². The Kier molecular flexibility index (Phi) is 4.36. The number of nitrogens with one attached hydrogen (secondary N) is 1. The van der Waals surface area contributed by atoms with Crippen molar-refractivity contribution in [3.8, 4) is 11.5 Å². The lowest BCUT2D eigenvalue weighted by Gasteiger charge is -2.13. The number of alkyl halides is 1. The fraction of sp³-hybridized carbons (Fsp3) is 0.118. The summed E-state index contributed by atoms with van der Waals surface area (Å²) in [6, 6.07) is 13.5. The van der Waals surface area contributed by atoms with Gasteiger partial charge in [0.15, 0.2) is 5.75 Å². The molecule has 0 fully saturated rings. The van der Waals surface area contributed by atoms with Crippen molar-refractivity contribution in [2.24, 2.45) is 0 Å². The van der Waals surface area contributed by atoms with E-state index in [1.54, 1.807) is 12.3 Å². The van der Waals surface area contributed by atoms with E-state index in [0.717, 1.165) is 22.2 Å². The van der Waals surface area contributed by atoms with Crippen LogP contribution in [-0.4, -0.2) is 12.0 Å². The first-order chi connectivity index (χ1) is 10.7. The molecule has 0 unspecified atom stereocenters. The fourth-order valence-electron chi connectivity index (χ4n) is 2.23. The Morgan fingerprint density at radius 3 is 2.77 bits per heavy atom. The molecule has 0 aliphatic carbocycles. The van der Waals surface area contributed by atoms with Gasteiger partial charge in [-0.15, -0.1) is 11.6 Å². The lowest BCUT2D eigenvalue weighted by Crippen LogP contribution is -1.95. The molecule has 0 amide bonds. The molecule has 0 spiro atoms. The van der Waals surface area contributed by atoms with Crippen LogP contribution in [0.4, 0.5) is 5.69 Å². The molecule has 0 saturated carbocycles. The summed E-state index contributed by atoms with van der Waals surface area (Å²) < 4.78 is 5.93. The van der Waals surface area contributed by atoms with Crippen LogP contribution in [0.15, 0.2) is 48.7 Å². The van der Waals surface area contributed by atoms with Gasteiger partial charge < -0.3 is 10.1 Å². The van der Waals surface area contributed by atoms with E-state index >= 15 is 0 Å². The minimum Gasteiger partial charge on any atom is -0.454 e. The Labute approximate surface area is 138 Å². The van der Waals surface area contributed by atoms with Crippen LogP contribution in [-0.2, 0) is 5.88 Å². The number of hydrogen-bond donors (Lipinski definition) is 1. The number of hydrogen-bond acceptors (Lipinski definition) is 3. The number of nitrogens with zero attached hydrogens (tertiary/aromatic N) is 1. The highest BCUT2D eigenvalue weighted by Gasteiger charge is 2.12. The number of rotatable bonds is 4. The number of ether oxygens (including phenoxy) is 1. The summed E-state index contributed by atoms with van der Waals surface area (Å²) in [6.45, 7) is 0. The molecule has 1 N–H and O–H groups in total. The summed E-state index contributed by atoms with van der Waals surface area (Å²) >= 11 is 12.3. The lowest BCUT2D eigenvalue weighted by atomic mass is 10.2. The van der Waals surface area contributed by atoms with E-state index < -0.39 is 0 Å². The Hall–Kier alpha value is -1.97. The summed E-state index contributed by atoms with van der Waals surface area (Å²) in [5.41, 5.74) is 2.64. The second-order valence-electron chi connectivity index (χ2n) is 4.80. The summed E-state index contributed by atoms with van der Waals surface area (Å²) in [5.74, 6) is 1.50. The summed E-state index contributed by atoms with van der Waals surface area (Å²) in [6.07, 6.45) is 1.68. The normalized spacial score (nSPS) is 10.7. The molecule has 3 nitrogen and oxygen atoms in total. The molecular formula is C17H14Cl2N2O. The molecule has 22 heavy (non-hydrogen) atoms. The van der Waals surface area contributed by atoms with Crippen LogP contribution in [0.1, 0.15) is 5.56 Å². The predicted octanol–water partition coefficient (Wildman–Crippen LogP) is 5.46. The SMILES string of the molecule is CNc1cc(Cl)c(Oc2cnc3ccccc3c2)c(CCl)c1. The van der Waals surface area contributed by atoms with Crippen LogP contribution in [0.2, 0.25) is 5.02 Å². The Bertz CT molecular complexity index is 821. The zero-order valence-corrected chi connectivity index (χ0v) is 13.4. The number of pyridine rings is 1. The van der Waals surface area contributed by atoms with Crippen molar-refractivity contribution in [2.75, 3.05) is 12.4 Å². The molecule has 112 valence electrons. The van der Waals surface area contributed by atoms with E-state index in [1.807, 2.05) is 43.4 Å². The van der Waals surface area contributed by atoms with Crippen LogP contribution in [0, 0.1) is 0 Å². The highest BCUT2D eigenvalue weighted by atomic mass is 35.5. The maximum atomic E-state index is 6.32. The highest BCUT2D eigenvalue weighted by Crippen LogP contribution is 2.37. The minimum atomic E-state index is 0.311. The molecule has 2 aromatic carbocycles. The van der Waals surface area contributed by atoms with E-state index in [1.165, 1.54) is 0 Å². The first kappa shape index (κ1) is 14.9. The molecule has 3 aromatic rings. The van der Waals surface area contributed by atoms with E-state index in [0.29, 0.717) is 22.4 Å². The number of para-hydroxylation sites is 1. The quantitative estimate of drug-likeness (QED) is 0.644. The molecule has 0 radical (unpaired) electrons. The summed E-state index contributed by atoms with van der Waals surface area (Å²) in [4.78, 5) is 4.38. The van der Waals surface area contributed by atoms with Crippen LogP contribution in [0.5, 0.6) is 11.5 Å². The second kappa shape index (κ2) is 6.42. The van der Waals surface area contributed by atoms with Crippen molar-refractivity contribution in [3.05, 3.63) is 59.2 Å². The third kappa shape index (κ3) is 2.96. The van der Waals surface area contributed by atoms with Gasteiger partial charge in [0.25, 0.3) is 0 Å². The number of aromatic nitrogens is 1. The van der Waals surface area contributed by atoms with Crippen molar-refractivity contribution < 1.29 is 4.74 Å². The topological polar surface area (TPSA) is 34.1 Å². The third-order valence-electron chi connectivity index (χ3n) is 3.34. The molecule has 3 rings (SSSR count). The van der Waals surface area contributed by atoms with Gasteiger partial charge in [0.1, 0.15) is 5.75 Å². The maximum absolute atomic E-state index is 6.32. The summed E-state index contributed by atoms with van der Waals surface area (Å²) in [7, 11) is 1.83. The monoisotopic (exact) mass is 332 g/mol. The average molecular weight is 333 g/mol. The van der Waals surface area contributed by atoms with Gasteiger partial charge in [0.2, 0.25) is 0 Å².